The van der Waals surface area contributed by atoms with Gasteiger partial charge >= 0.3 is 6.09 Å². The first kappa shape index (κ1) is 24.4. The second-order valence-corrected chi connectivity index (χ2v) is 6.49. The van der Waals surface area contributed by atoms with E-state index in [1.165, 1.54) is 17.1 Å². The first-order chi connectivity index (χ1) is 14.0. The zero-order valence-corrected chi connectivity index (χ0v) is 17.8. The Labute approximate surface area is 173 Å². The van der Waals surface area contributed by atoms with Gasteiger partial charge < -0.3 is 14.5 Å². The van der Waals surface area contributed by atoms with Crippen molar-refractivity contribution in [3.8, 4) is 0 Å². The number of amides is 4. The molecule has 0 radical (unpaired) electrons. The second-order valence-electron chi connectivity index (χ2n) is 6.49. The van der Waals surface area contributed by atoms with Crippen molar-refractivity contribution in [2.75, 3.05) is 39.3 Å². The van der Waals surface area contributed by atoms with Gasteiger partial charge in [-0.05, 0) is 19.8 Å². The number of imide groups is 1. The van der Waals surface area contributed by atoms with Gasteiger partial charge in [-0.2, -0.15) is 0 Å². The zero-order chi connectivity index (χ0) is 21.6. The molecule has 2 aliphatic rings. The number of carbonyl (C=O) groups is 4. The normalized spacial score (nSPS) is 16.3. The average molecular weight is 408 g/mol. The summed E-state index contributed by atoms with van der Waals surface area (Å²) in [5.41, 5.74) is 0. The number of hydrogen-bond acceptors (Lipinski definition) is 5. The monoisotopic (exact) mass is 407 g/mol. The summed E-state index contributed by atoms with van der Waals surface area (Å²) in [6.45, 7) is 8.51. The first-order valence-corrected chi connectivity index (χ1v) is 10.4. The smallest absolute Gasteiger partial charge is 0.410 e. The van der Waals surface area contributed by atoms with E-state index in [9.17, 15) is 19.2 Å². The molecule has 4 amide bonds. The molecule has 0 saturated carbocycles. The minimum absolute atomic E-state index is 0.0759. The van der Waals surface area contributed by atoms with E-state index in [0.717, 1.165) is 6.42 Å². The van der Waals surface area contributed by atoms with E-state index in [-0.39, 0.29) is 30.4 Å². The highest BCUT2D eigenvalue weighted by Gasteiger charge is 2.25. The van der Waals surface area contributed by atoms with Crippen molar-refractivity contribution in [2.24, 2.45) is 0 Å². The Morgan fingerprint density at radius 1 is 0.966 bits per heavy atom. The molecule has 2 aliphatic heterocycles. The van der Waals surface area contributed by atoms with E-state index in [2.05, 4.69) is 0 Å². The fraction of sp³-hybridized carbons (Fsp3) is 0.619. The van der Waals surface area contributed by atoms with E-state index >= 15 is 0 Å². The zero-order valence-electron chi connectivity index (χ0n) is 17.8. The van der Waals surface area contributed by atoms with E-state index in [1.54, 1.807) is 15.9 Å². The molecule has 0 unspecified atom stereocenters. The highest BCUT2D eigenvalue weighted by molar-refractivity contribution is 6.12. The summed E-state index contributed by atoms with van der Waals surface area (Å²) in [4.78, 5) is 51.6. The van der Waals surface area contributed by atoms with Crippen molar-refractivity contribution in [2.45, 2.75) is 46.5 Å². The molecule has 8 heteroatoms. The Balaban J connectivity index is 0.00000204. The van der Waals surface area contributed by atoms with E-state index in [1.807, 2.05) is 26.8 Å². The van der Waals surface area contributed by atoms with Crippen LogP contribution in [-0.2, 0) is 19.1 Å². The summed E-state index contributed by atoms with van der Waals surface area (Å²) in [6.07, 6.45) is 8.42. The Morgan fingerprint density at radius 2 is 1.55 bits per heavy atom. The summed E-state index contributed by atoms with van der Waals surface area (Å²) in [6, 6.07) is 0. The van der Waals surface area contributed by atoms with Crippen LogP contribution in [0, 0.1) is 0 Å². The highest BCUT2D eigenvalue weighted by atomic mass is 16.6. The van der Waals surface area contributed by atoms with Crippen LogP contribution in [0.25, 0.3) is 0 Å². The van der Waals surface area contributed by atoms with Crippen LogP contribution in [0.2, 0.25) is 0 Å². The van der Waals surface area contributed by atoms with Gasteiger partial charge in [0, 0.05) is 51.3 Å². The Bertz CT molecular complexity index is 604. The van der Waals surface area contributed by atoms with Crippen LogP contribution >= 0.6 is 0 Å². The molecule has 0 spiro atoms. The first-order valence-electron chi connectivity index (χ1n) is 10.4. The van der Waals surface area contributed by atoms with Gasteiger partial charge in [0.2, 0.25) is 5.91 Å². The lowest BCUT2D eigenvalue weighted by atomic mass is 10.1. The van der Waals surface area contributed by atoms with Gasteiger partial charge in [-0.3, -0.25) is 19.3 Å². The molecule has 1 saturated heterocycles. The molecule has 0 atom stereocenters. The molecule has 0 aliphatic carbocycles. The number of nitrogens with zero attached hydrogens (tertiary/aromatic N) is 3. The fourth-order valence-corrected chi connectivity index (χ4v) is 2.98. The lowest BCUT2D eigenvalue weighted by Gasteiger charge is -2.34. The number of piperazine rings is 1. The van der Waals surface area contributed by atoms with Gasteiger partial charge in [0.1, 0.15) is 6.61 Å². The molecule has 0 aromatic heterocycles. The third kappa shape index (κ3) is 8.09. The maximum atomic E-state index is 12.3. The van der Waals surface area contributed by atoms with Crippen LogP contribution < -0.4 is 0 Å². The van der Waals surface area contributed by atoms with E-state index < -0.39 is 0 Å². The van der Waals surface area contributed by atoms with Crippen molar-refractivity contribution in [3.05, 3.63) is 24.3 Å². The Kier molecular flexibility index (Phi) is 11.4. The summed E-state index contributed by atoms with van der Waals surface area (Å²) in [7, 11) is 0. The van der Waals surface area contributed by atoms with Gasteiger partial charge in [0.05, 0.1) is 0 Å². The summed E-state index contributed by atoms with van der Waals surface area (Å²) < 4.78 is 5.11. The molecule has 29 heavy (non-hydrogen) atoms. The molecule has 0 aromatic carbocycles. The van der Waals surface area contributed by atoms with Crippen molar-refractivity contribution in [1.82, 2.24) is 14.7 Å². The summed E-state index contributed by atoms with van der Waals surface area (Å²) in [5.74, 6) is -0.455. The largest absolute Gasteiger partial charge is 0.445 e. The van der Waals surface area contributed by atoms with Crippen molar-refractivity contribution in [3.63, 3.8) is 0 Å². The predicted molar refractivity (Wildman–Crippen MR) is 110 cm³/mol. The molecular weight excluding hydrogens is 374 g/mol. The molecule has 1 fully saturated rings. The number of carbonyl (C=O) groups excluding carboxylic acids is 4. The number of hydrogen-bond donors (Lipinski definition) is 0. The van der Waals surface area contributed by atoms with Crippen LogP contribution in [0.1, 0.15) is 46.5 Å². The van der Waals surface area contributed by atoms with Gasteiger partial charge in [0.25, 0.3) is 11.8 Å². The van der Waals surface area contributed by atoms with Gasteiger partial charge in [-0.15, -0.1) is 0 Å². The third-order valence-electron chi connectivity index (χ3n) is 4.60. The Morgan fingerprint density at radius 3 is 2.14 bits per heavy atom. The SMILES string of the molecule is C/C=C/COC(=O)N1CCN(C(=O)CCCCCN2C(=O)C=CC2=O)CC1.CC. The number of unbranched alkanes of at least 4 members (excludes halogenated alkanes) is 2. The fourth-order valence-electron chi connectivity index (χ4n) is 2.98. The number of allylic oxidation sites excluding steroid dienone is 1. The van der Waals surface area contributed by atoms with Gasteiger partial charge in [-0.25, -0.2) is 4.79 Å². The molecule has 2 rings (SSSR count). The van der Waals surface area contributed by atoms with E-state index in [4.69, 9.17) is 4.74 Å². The number of ether oxygens (including phenoxy) is 1. The minimum atomic E-state index is -0.347. The van der Waals surface area contributed by atoms with Crippen LogP contribution in [-0.4, -0.2) is 77.8 Å². The topological polar surface area (TPSA) is 87.2 Å². The molecule has 0 aromatic rings. The maximum Gasteiger partial charge on any atom is 0.410 e. The minimum Gasteiger partial charge on any atom is -0.445 e. The number of rotatable bonds is 8. The third-order valence-corrected chi connectivity index (χ3v) is 4.60. The second kappa shape index (κ2) is 13.5. The van der Waals surface area contributed by atoms with Gasteiger partial charge in [0.15, 0.2) is 0 Å². The molecule has 0 bridgehead atoms. The van der Waals surface area contributed by atoms with Crippen molar-refractivity contribution < 1.29 is 23.9 Å². The molecule has 2 heterocycles. The highest BCUT2D eigenvalue weighted by Crippen LogP contribution is 2.10. The van der Waals surface area contributed by atoms with Gasteiger partial charge in [-0.1, -0.05) is 32.4 Å². The summed E-state index contributed by atoms with van der Waals surface area (Å²) >= 11 is 0. The van der Waals surface area contributed by atoms with Crippen molar-refractivity contribution in [1.29, 1.82) is 0 Å². The predicted octanol–water partition coefficient (Wildman–Crippen LogP) is 2.35. The molecule has 162 valence electrons. The lowest BCUT2D eigenvalue weighted by molar-refractivity contribution is -0.137. The Hall–Kier alpha value is -2.64. The average Bonchev–Trinajstić information content (AvgIpc) is 3.07. The van der Waals surface area contributed by atoms with Crippen molar-refractivity contribution >= 4 is 23.8 Å². The van der Waals surface area contributed by atoms with E-state index in [0.29, 0.717) is 52.0 Å². The maximum absolute atomic E-state index is 12.3. The molecule has 8 nitrogen and oxygen atoms in total. The molecular formula is C21H33N3O5. The lowest BCUT2D eigenvalue weighted by Crippen LogP contribution is -2.50. The van der Waals surface area contributed by atoms with Crippen LogP contribution in [0.3, 0.4) is 0 Å². The van der Waals surface area contributed by atoms with Crippen LogP contribution in [0.15, 0.2) is 24.3 Å². The standard InChI is InChI=1S/C19H27N3O5.C2H6/c1-2-3-15-27-19(26)21-13-11-20(12-14-21)16(23)7-5-4-6-10-22-17(24)8-9-18(22)25;1-2/h2-3,8-9H,4-7,10-15H2,1H3;1-2H3/b3-2+;. The molecule has 0 N–H and O–H groups in total. The van der Waals surface area contributed by atoms with Crippen LogP contribution in [0.5, 0.6) is 0 Å². The summed E-state index contributed by atoms with van der Waals surface area (Å²) in [5, 5.41) is 0. The quantitative estimate of drug-likeness (QED) is 0.350. The van der Waals surface area contributed by atoms with Crippen LogP contribution in [0.4, 0.5) is 4.79 Å².